The number of thiol groups is 1. The zero-order valence-electron chi connectivity index (χ0n) is 10.2. The van der Waals surface area contributed by atoms with E-state index in [1.54, 1.807) is 0 Å². The van der Waals surface area contributed by atoms with Gasteiger partial charge in [-0.05, 0) is 18.6 Å². The van der Waals surface area contributed by atoms with E-state index in [0.717, 1.165) is 25.0 Å². The highest BCUT2D eigenvalue weighted by molar-refractivity contribution is 7.80. The Labute approximate surface area is 112 Å². The molecule has 5 atom stereocenters. The molecule has 0 aromatic heterocycles. The van der Waals surface area contributed by atoms with E-state index in [4.69, 9.17) is 14.6 Å². The summed E-state index contributed by atoms with van der Waals surface area (Å²) in [7, 11) is 0. The van der Waals surface area contributed by atoms with Crippen LogP contribution in [0.25, 0.3) is 0 Å². The number of rotatable bonds is 7. The summed E-state index contributed by atoms with van der Waals surface area (Å²) in [6.45, 7) is -0.0546. The summed E-state index contributed by atoms with van der Waals surface area (Å²) in [6, 6.07) is 0. The average molecular weight is 282 g/mol. The van der Waals surface area contributed by atoms with Gasteiger partial charge in [0.1, 0.15) is 24.4 Å². The van der Waals surface area contributed by atoms with E-state index in [9.17, 15) is 15.3 Å². The summed E-state index contributed by atoms with van der Waals surface area (Å²) >= 11 is 4.09. The van der Waals surface area contributed by atoms with Gasteiger partial charge in [-0.1, -0.05) is 6.42 Å². The summed E-state index contributed by atoms with van der Waals surface area (Å²) in [5.74, 6) is 0.819. The second-order valence-corrected chi connectivity index (χ2v) is 4.80. The molecule has 108 valence electrons. The van der Waals surface area contributed by atoms with Crippen LogP contribution in [0.15, 0.2) is 0 Å². The normalized spacial score (nSPS) is 36.8. The van der Waals surface area contributed by atoms with Crippen LogP contribution in [0.5, 0.6) is 0 Å². The first-order chi connectivity index (χ1) is 8.61. The summed E-state index contributed by atoms with van der Waals surface area (Å²) in [6.07, 6.45) is -3.21. The van der Waals surface area contributed by atoms with E-state index in [1.807, 2.05) is 0 Å². The van der Waals surface area contributed by atoms with Gasteiger partial charge in [-0.2, -0.15) is 12.6 Å². The first-order valence-corrected chi connectivity index (χ1v) is 6.78. The van der Waals surface area contributed by atoms with Crippen molar-refractivity contribution in [1.29, 1.82) is 0 Å². The predicted octanol–water partition coefficient (Wildman–Crippen LogP) is -1.10. The van der Waals surface area contributed by atoms with Crippen LogP contribution < -0.4 is 0 Å². The fraction of sp³-hybridized carbons (Fsp3) is 1.00. The Morgan fingerprint density at radius 3 is 2.33 bits per heavy atom. The maximum Gasteiger partial charge on any atom is 0.186 e. The molecule has 1 heterocycles. The molecule has 1 aliphatic rings. The Morgan fingerprint density at radius 1 is 1.00 bits per heavy atom. The quantitative estimate of drug-likeness (QED) is 0.300. The fourth-order valence-electron chi connectivity index (χ4n) is 1.80. The molecule has 0 aromatic rings. The molecule has 6 nitrogen and oxygen atoms in total. The van der Waals surface area contributed by atoms with Crippen molar-refractivity contribution in [3.05, 3.63) is 0 Å². The fourth-order valence-corrected chi connectivity index (χ4v) is 2.02. The molecule has 1 fully saturated rings. The summed E-state index contributed by atoms with van der Waals surface area (Å²) < 4.78 is 10.5. The minimum absolute atomic E-state index is 0.385. The third-order valence-corrected chi connectivity index (χ3v) is 3.25. The highest BCUT2D eigenvalue weighted by Gasteiger charge is 2.43. The van der Waals surface area contributed by atoms with Crippen molar-refractivity contribution >= 4 is 12.6 Å². The minimum atomic E-state index is -1.38. The molecular weight excluding hydrogens is 260 g/mol. The molecule has 0 radical (unpaired) electrons. The van der Waals surface area contributed by atoms with Gasteiger partial charge < -0.3 is 29.9 Å². The first kappa shape index (κ1) is 16.2. The second kappa shape index (κ2) is 8.31. The van der Waals surface area contributed by atoms with Gasteiger partial charge in [0.15, 0.2) is 6.29 Å². The van der Waals surface area contributed by atoms with Crippen LogP contribution in [0.1, 0.15) is 19.3 Å². The number of aliphatic hydroxyl groups excluding tert-OH is 4. The SMILES string of the molecule is OCC1O[C@H](OCCCCCS)C(O)C(O)[C@H]1O. The van der Waals surface area contributed by atoms with Crippen molar-refractivity contribution in [2.75, 3.05) is 19.0 Å². The first-order valence-electron chi connectivity index (χ1n) is 6.14. The Balaban J connectivity index is 2.35. The van der Waals surface area contributed by atoms with Crippen molar-refractivity contribution in [2.45, 2.75) is 50.0 Å². The number of hydrogen-bond donors (Lipinski definition) is 5. The lowest BCUT2D eigenvalue weighted by atomic mass is 9.99. The lowest BCUT2D eigenvalue weighted by Gasteiger charge is -2.39. The molecule has 18 heavy (non-hydrogen) atoms. The monoisotopic (exact) mass is 282 g/mol. The molecule has 0 bridgehead atoms. The maximum absolute atomic E-state index is 9.67. The Morgan fingerprint density at radius 2 is 1.72 bits per heavy atom. The summed E-state index contributed by atoms with van der Waals surface area (Å²) in [4.78, 5) is 0. The van der Waals surface area contributed by atoms with Crippen molar-refractivity contribution in [3.8, 4) is 0 Å². The number of hydrogen-bond acceptors (Lipinski definition) is 7. The van der Waals surface area contributed by atoms with E-state index in [2.05, 4.69) is 12.6 Å². The zero-order valence-corrected chi connectivity index (χ0v) is 11.1. The third kappa shape index (κ3) is 4.34. The van der Waals surface area contributed by atoms with Gasteiger partial charge in [0, 0.05) is 6.61 Å². The number of aliphatic hydroxyl groups is 4. The highest BCUT2D eigenvalue weighted by atomic mass is 32.1. The molecule has 1 saturated heterocycles. The van der Waals surface area contributed by atoms with Gasteiger partial charge in [-0.3, -0.25) is 0 Å². The standard InChI is InChI=1S/C11H22O6S/c12-6-7-8(13)9(14)10(15)11(17-7)16-4-2-1-3-5-18/h7-15,18H,1-6H2/t7?,8-,9?,10?,11-/m0/s1. The highest BCUT2D eigenvalue weighted by Crippen LogP contribution is 2.22. The van der Waals surface area contributed by atoms with Crippen LogP contribution in [0, 0.1) is 0 Å². The van der Waals surface area contributed by atoms with Crippen molar-refractivity contribution in [1.82, 2.24) is 0 Å². The molecule has 0 saturated carbocycles. The van der Waals surface area contributed by atoms with Gasteiger partial charge in [-0.15, -0.1) is 0 Å². The van der Waals surface area contributed by atoms with Crippen LogP contribution >= 0.6 is 12.6 Å². The topological polar surface area (TPSA) is 99.4 Å². The Bertz CT molecular complexity index is 228. The molecule has 4 N–H and O–H groups in total. The van der Waals surface area contributed by atoms with Crippen LogP contribution in [0.4, 0.5) is 0 Å². The summed E-state index contributed by atoms with van der Waals surface area (Å²) in [5.41, 5.74) is 0. The van der Waals surface area contributed by atoms with Crippen molar-refractivity contribution in [3.63, 3.8) is 0 Å². The summed E-state index contributed by atoms with van der Waals surface area (Å²) in [5, 5.41) is 37.7. The van der Waals surface area contributed by atoms with E-state index in [-0.39, 0.29) is 0 Å². The number of ether oxygens (including phenoxy) is 2. The molecule has 7 heteroatoms. The van der Waals surface area contributed by atoms with E-state index in [1.165, 1.54) is 0 Å². The third-order valence-electron chi connectivity index (χ3n) is 2.93. The van der Waals surface area contributed by atoms with E-state index >= 15 is 0 Å². The minimum Gasteiger partial charge on any atom is -0.394 e. The average Bonchev–Trinajstić information content (AvgIpc) is 2.38. The Hall–Kier alpha value is 0.110. The zero-order chi connectivity index (χ0) is 13.5. The van der Waals surface area contributed by atoms with E-state index < -0.39 is 37.3 Å². The molecule has 0 aromatic carbocycles. The van der Waals surface area contributed by atoms with E-state index in [0.29, 0.717) is 6.61 Å². The number of unbranched alkanes of at least 4 members (excludes halogenated alkanes) is 2. The van der Waals surface area contributed by atoms with Crippen molar-refractivity contribution < 1.29 is 29.9 Å². The van der Waals surface area contributed by atoms with Crippen LogP contribution in [0.2, 0.25) is 0 Å². The van der Waals surface area contributed by atoms with Gasteiger partial charge in [-0.25, -0.2) is 0 Å². The largest absolute Gasteiger partial charge is 0.394 e. The van der Waals surface area contributed by atoms with Gasteiger partial charge in [0.25, 0.3) is 0 Å². The lowest BCUT2D eigenvalue weighted by molar-refractivity contribution is -0.301. The maximum atomic E-state index is 9.67. The molecular formula is C11H22O6S. The molecule has 0 amide bonds. The van der Waals surface area contributed by atoms with Crippen LogP contribution in [-0.4, -0.2) is 70.1 Å². The molecule has 3 unspecified atom stereocenters. The lowest BCUT2D eigenvalue weighted by Crippen LogP contribution is -2.59. The van der Waals surface area contributed by atoms with Gasteiger partial charge in [0.05, 0.1) is 6.61 Å². The van der Waals surface area contributed by atoms with Crippen LogP contribution in [-0.2, 0) is 9.47 Å². The second-order valence-electron chi connectivity index (χ2n) is 4.35. The predicted molar refractivity (Wildman–Crippen MR) is 67.4 cm³/mol. The van der Waals surface area contributed by atoms with Crippen molar-refractivity contribution in [2.24, 2.45) is 0 Å². The smallest absolute Gasteiger partial charge is 0.186 e. The van der Waals surface area contributed by atoms with Gasteiger partial charge in [0.2, 0.25) is 0 Å². The molecule has 1 rings (SSSR count). The Kier molecular flexibility index (Phi) is 7.47. The molecule has 0 aliphatic carbocycles. The molecule has 1 aliphatic heterocycles. The molecule has 0 spiro atoms. The van der Waals surface area contributed by atoms with Crippen LogP contribution in [0.3, 0.4) is 0 Å². The van der Waals surface area contributed by atoms with Gasteiger partial charge >= 0.3 is 0 Å².